The van der Waals surface area contributed by atoms with Gasteiger partial charge in [-0.2, -0.15) is 0 Å². The molecule has 1 N–H and O–H groups in total. The number of hydrogen-bond acceptors (Lipinski definition) is 3. The summed E-state index contributed by atoms with van der Waals surface area (Å²) < 4.78 is 19.2. The lowest BCUT2D eigenvalue weighted by Crippen LogP contribution is -2.50. The lowest BCUT2D eigenvalue weighted by molar-refractivity contribution is -0.142. The molecule has 2 aromatic rings. The number of ether oxygens (including phenoxy) is 1. The van der Waals surface area contributed by atoms with Crippen molar-refractivity contribution in [1.29, 1.82) is 0 Å². The molecule has 5 nitrogen and oxygen atoms in total. The van der Waals surface area contributed by atoms with E-state index in [1.807, 2.05) is 45.0 Å². The van der Waals surface area contributed by atoms with Gasteiger partial charge in [0.05, 0.1) is 0 Å². The molecule has 0 fully saturated rings. The van der Waals surface area contributed by atoms with Crippen LogP contribution in [0.4, 0.5) is 4.39 Å². The first-order chi connectivity index (χ1) is 13.8. The number of nitrogens with zero attached hydrogens (tertiary/aromatic N) is 1. The minimum absolute atomic E-state index is 0.00778. The Hall–Kier alpha value is -2.89. The highest BCUT2D eigenvalue weighted by atomic mass is 19.1. The Balaban J connectivity index is 2.18. The van der Waals surface area contributed by atoms with E-state index in [0.717, 1.165) is 17.5 Å². The molecule has 0 saturated heterocycles. The van der Waals surface area contributed by atoms with Gasteiger partial charge < -0.3 is 15.0 Å². The number of amides is 2. The summed E-state index contributed by atoms with van der Waals surface area (Å²) in [5, 5.41) is 2.91. The highest BCUT2D eigenvalue weighted by Gasteiger charge is 2.27. The Labute approximate surface area is 171 Å². The largest absolute Gasteiger partial charge is 0.481 e. The van der Waals surface area contributed by atoms with Gasteiger partial charge in [0.1, 0.15) is 6.04 Å². The van der Waals surface area contributed by atoms with Gasteiger partial charge in [0.25, 0.3) is 5.91 Å². The molecule has 0 radical (unpaired) electrons. The van der Waals surface area contributed by atoms with Crippen molar-refractivity contribution in [2.75, 3.05) is 6.61 Å². The molecule has 29 heavy (non-hydrogen) atoms. The van der Waals surface area contributed by atoms with Gasteiger partial charge in [0, 0.05) is 12.6 Å². The molecule has 0 bridgehead atoms. The maximum Gasteiger partial charge on any atom is 0.261 e. The van der Waals surface area contributed by atoms with Crippen LogP contribution in [0.3, 0.4) is 0 Å². The van der Waals surface area contributed by atoms with Crippen LogP contribution in [0.2, 0.25) is 0 Å². The molecule has 0 saturated carbocycles. The first-order valence-electron chi connectivity index (χ1n) is 9.85. The Kier molecular flexibility index (Phi) is 8.19. The average molecular weight is 400 g/mol. The van der Waals surface area contributed by atoms with Crippen molar-refractivity contribution >= 4 is 11.8 Å². The number of para-hydroxylation sites is 1. The van der Waals surface area contributed by atoms with E-state index in [1.54, 1.807) is 19.1 Å². The smallest absolute Gasteiger partial charge is 0.261 e. The van der Waals surface area contributed by atoms with Gasteiger partial charge in [-0.25, -0.2) is 4.39 Å². The molecule has 2 amide bonds. The van der Waals surface area contributed by atoms with Gasteiger partial charge in [0.2, 0.25) is 5.91 Å². The summed E-state index contributed by atoms with van der Waals surface area (Å²) in [4.78, 5) is 27.1. The molecule has 2 atom stereocenters. The van der Waals surface area contributed by atoms with Crippen LogP contribution in [0.5, 0.6) is 5.75 Å². The second-order valence-electron chi connectivity index (χ2n) is 7.16. The topological polar surface area (TPSA) is 58.6 Å². The van der Waals surface area contributed by atoms with Crippen molar-refractivity contribution in [3.8, 4) is 5.75 Å². The zero-order valence-corrected chi connectivity index (χ0v) is 17.4. The van der Waals surface area contributed by atoms with E-state index in [9.17, 15) is 14.0 Å². The quantitative estimate of drug-likeness (QED) is 0.696. The Bertz CT molecular complexity index is 840. The fraction of sp³-hybridized carbons (Fsp3) is 0.391. The number of benzene rings is 2. The van der Waals surface area contributed by atoms with E-state index in [-0.39, 0.29) is 36.8 Å². The molecule has 0 aliphatic rings. The number of carbonyl (C=O) groups is 2. The summed E-state index contributed by atoms with van der Waals surface area (Å²) in [6.45, 7) is 7.46. The molecular formula is C23H29FN2O3. The predicted octanol–water partition coefficient (Wildman–Crippen LogP) is 3.84. The summed E-state index contributed by atoms with van der Waals surface area (Å²) in [5.74, 6) is -1.14. The van der Waals surface area contributed by atoms with Crippen LogP contribution in [-0.4, -0.2) is 35.4 Å². The van der Waals surface area contributed by atoms with Crippen LogP contribution in [0, 0.1) is 12.7 Å². The molecule has 0 heterocycles. The third-order valence-electron chi connectivity index (χ3n) is 4.96. The summed E-state index contributed by atoms with van der Waals surface area (Å²) in [6.07, 6.45) is 0.792. The molecule has 0 aliphatic carbocycles. The van der Waals surface area contributed by atoms with E-state index in [2.05, 4.69) is 5.32 Å². The van der Waals surface area contributed by atoms with Gasteiger partial charge in [-0.1, -0.05) is 43.3 Å². The van der Waals surface area contributed by atoms with E-state index >= 15 is 0 Å². The maximum absolute atomic E-state index is 13.8. The zero-order chi connectivity index (χ0) is 21.4. The number of rotatable bonds is 9. The molecule has 0 unspecified atom stereocenters. The normalized spacial score (nSPS) is 12.7. The monoisotopic (exact) mass is 400 g/mol. The van der Waals surface area contributed by atoms with Crippen molar-refractivity contribution in [3.63, 3.8) is 0 Å². The van der Waals surface area contributed by atoms with Crippen LogP contribution in [0.25, 0.3) is 0 Å². The number of carbonyl (C=O) groups excluding carboxylic acids is 2. The molecule has 156 valence electrons. The molecule has 6 heteroatoms. The second kappa shape index (κ2) is 10.6. The highest BCUT2D eigenvalue weighted by molar-refractivity contribution is 5.88. The SMILES string of the molecule is CC[C@@H](C)NC(=O)[C@@H](C)N(Cc1ccccc1C)C(=O)COc1ccccc1F. The van der Waals surface area contributed by atoms with Gasteiger partial charge in [-0.3, -0.25) is 9.59 Å². The van der Waals surface area contributed by atoms with Crippen molar-refractivity contribution in [3.05, 3.63) is 65.5 Å². The van der Waals surface area contributed by atoms with Crippen LogP contribution < -0.4 is 10.1 Å². The van der Waals surface area contributed by atoms with Gasteiger partial charge >= 0.3 is 0 Å². The van der Waals surface area contributed by atoms with Gasteiger partial charge in [-0.15, -0.1) is 0 Å². The van der Waals surface area contributed by atoms with Crippen molar-refractivity contribution < 1.29 is 18.7 Å². The standard InChI is InChI=1S/C23H29FN2O3/c1-5-17(3)25-23(28)18(4)26(14-19-11-7-6-10-16(19)2)22(27)15-29-21-13-9-8-12-20(21)24/h6-13,17-18H,5,14-15H2,1-4H3,(H,25,28)/t17-,18-/m1/s1. The second-order valence-corrected chi connectivity index (χ2v) is 7.16. The third kappa shape index (κ3) is 6.31. The Morgan fingerprint density at radius 1 is 1.10 bits per heavy atom. The lowest BCUT2D eigenvalue weighted by atomic mass is 10.1. The average Bonchev–Trinajstić information content (AvgIpc) is 2.71. The van der Waals surface area contributed by atoms with E-state index in [4.69, 9.17) is 4.74 Å². The maximum atomic E-state index is 13.8. The number of hydrogen-bond donors (Lipinski definition) is 1. The van der Waals surface area contributed by atoms with Crippen molar-refractivity contribution in [1.82, 2.24) is 10.2 Å². The summed E-state index contributed by atoms with van der Waals surface area (Å²) in [5.41, 5.74) is 1.96. The first kappa shape index (κ1) is 22.4. The molecule has 2 rings (SSSR count). The van der Waals surface area contributed by atoms with E-state index in [1.165, 1.54) is 17.0 Å². The first-order valence-corrected chi connectivity index (χ1v) is 9.85. The van der Waals surface area contributed by atoms with Crippen molar-refractivity contribution in [2.45, 2.75) is 52.7 Å². The zero-order valence-electron chi connectivity index (χ0n) is 17.4. The van der Waals surface area contributed by atoms with Crippen LogP contribution in [-0.2, 0) is 16.1 Å². The van der Waals surface area contributed by atoms with E-state index in [0.29, 0.717) is 0 Å². The fourth-order valence-electron chi connectivity index (χ4n) is 2.80. The minimum atomic E-state index is -0.694. The molecule has 2 aromatic carbocycles. The molecule has 0 aliphatic heterocycles. The minimum Gasteiger partial charge on any atom is -0.481 e. The summed E-state index contributed by atoms with van der Waals surface area (Å²) in [6, 6.07) is 12.9. The summed E-state index contributed by atoms with van der Waals surface area (Å²) in [7, 11) is 0. The van der Waals surface area contributed by atoms with Crippen molar-refractivity contribution in [2.24, 2.45) is 0 Å². The van der Waals surface area contributed by atoms with Crippen LogP contribution >= 0.6 is 0 Å². The van der Waals surface area contributed by atoms with E-state index < -0.39 is 11.9 Å². The number of aryl methyl sites for hydroxylation is 1. The number of nitrogens with one attached hydrogen (secondary N) is 1. The van der Waals surface area contributed by atoms with Crippen LogP contribution in [0.15, 0.2) is 48.5 Å². The van der Waals surface area contributed by atoms with Crippen LogP contribution in [0.1, 0.15) is 38.3 Å². The molecular weight excluding hydrogens is 371 g/mol. The predicted molar refractivity (Wildman–Crippen MR) is 111 cm³/mol. The number of halogens is 1. The Morgan fingerprint density at radius 2 is 1.76 bits per heavy atom. The molecule has 0 aromatic heterocycles. The Morgan fingerprint density at radius 3 is 2.41 bits per heavy atom. The third-order valence-corrected chi connectivity index (χ3v) is 4.96. The fourth-order valence-corrected chi connectivity index (χ4v) is 2.80. The molecule has 0 spiro atoms. The highest BCUT2D eigenvalue weighted by Crippen LogP contribution is 2.17. The van der Waals surface area contributed by atoms with Gasteiger partial charge in [0.15, 0.2) is 18.2 Å². The lowest BCUT2D eigenvalue weighted by Gasteiger charge is -2.30. The van der Waals surface area contributed by atoms with Gasteiger partial charge in [-0.05, 0) is 50.5 Å². The summed E-state index contributed by atoms with van der Waals surface area (Å²) >= 11 is 0.